The van der Waals surface area contributed by atoms with Crippen molar-refractivity contribution in [1.82, 2.24) is 20.2 Å². The molecule has 7 heteroatoms. The summed E-state index contributed by atoms with van der Waals surface area (Å²) in [7, 11) is 0. The van der Waals surface area contributed by atoms with Crippen LogP contribution < -0.4 is 5.32 Å². The molecular weight excluding hydrogens is 366 g/mol. The Morgan fingerprint density at radius 1 is 0.793 bits per heavy atom. The average molecular weight is 383 g/mol. The van der Waals surface area contributed by atoms with Crippen LogP contribution in [0.3, 0.4) is 0 Å². The minimum absolute atomic E-state index is 0.0183. The third kappa shape index (κ3) is 4.41. The Balaban J connectivity index is 1.40. The van der Waals surface area contributed by atoms with Crippen LogP contribution in [0, 0.1) is 0 Å². The lowest BCUT2D eigenvalue weighted by Crippen LogP contribution is -2.14. The fourth-order valence-corrected chi connectivity index (χ4v) is 2.76. The zero-order valence-electron chi connectivity index (χ0n) is 15.4. The van der Waals surface area contributed by atoms with E-state index in [9.17, 15) is 9.59 Å². The van der Waals surface area contributed by atoms with E-state index in [0.29, 0.717) is 22.6 Å². The number of nitrogens with one attached hydrogen (secondary N) is 1. The summed E-state index contributed by atoms with van der Waals surface area (Å²) in [6, 6.07) is 25.1. The molecule has 0 aliphatic carbocycles. The lowest BCUT2D eigenvalue weighted by Gasteiger charge is -2.06. The molecule has 7 nitrogen and oxygen atoms in total. The molecule has 1 heterocycles. The van der Waals surface area contributed by atoms with Gasteiger partial charge in [0.05, 0.1) is 0 Å². The summed E-state index contributed by atoms with van der Waals surface area (Å²) in [6.45, 7) is -0.0183. The number of anilines is 1. The van der Waals surface area contributed by atoms with Gasteiger partial charge in [0.25, 0.3) is 5.91 Å². The van der Waals surface area contributed by atoms with E-state index in [4.69, 9.17) is 0 Å². The van der Waals surface area contributed by atoms with E-state index in [1.807, 2.05) is 36.4 Å². The first-order valence-corrected chi connectivity index (χ1v) is 9.02. The van der Waals surface area contributed by atoms with E-state index >= 15 is 0 Å². The number of Topliss-reactive ketones (excluding diaryl/α,β-unsaturated/α-hetero) is 1. The number of benzene rings is 3. The van der Waals surface area contributed by atoms with Gasteiger partial charge < -0.3 is 5.32 Å². The van der Waals surface area contributed by atoms with Crippen molar-refractivity contribution in [3.05, 3.63) is 96.1 Å². The van der Waals surface area contributed by atoms with Crippen LogP contribution in [-0.2, 0) is 6.54 Å². The smallest absolute Gasteiger partial charge is 0.255 e. The molecule has 0 radical (unpaired) electrons. The number of carbonyl (C=O) groups excluding carboxylic acids is 2. The molecule has 0 saturated heterocycles. The van der Waals surface area contributed by atoms with Crippen molar-refractivity contribution >= 4 is 17.4 Å². The molecule has 0 unspecified atom stereocenters. The van der Waals surface area contributed by atoms with Crippen molar-refractivity contribution in [1.29, 1.82) is 0 Å². The standard InChI is InChI=1S/C22H17N5O2/c28-20(15-27-25-21(24-26-27)17-7-3-1-4-8-17)16-11-13-19(14-12-16)23-22(29)18-9-5-2-6-10-18/h1-14H,15H2,(H,23,29). The monoisotopic (exact) mass is 383 g/mol. The average Bonchev–Trinajstić information content (AvgIpc) is 3.24. The first-order valence-electron chi connectivity index (χ1n) is 9.02. The molecule has 3 aromatic carbocycles. The number of aromatic nitrogens is 4. The second-order valence-electron chi connectivity index (χ2n) is 6.33. The maximum atomic E-state index is 12.5. The highest BCUT2D eigenvalue weighted by Gasteiger charge is 2.12. The maximum Gasteiger partial charge on any atom is 0.255 e. The van der Waals surface area contributed by atoms with Crippen molar-refractivity contribution in [3.8, 4) is 11.4 Å². The maximum absolute atomic E-state index is 12.5. The number of rotatable bonds is 6. The van der Waals surface area contributed by atoms with Crippen molar-refractivity contribution in [2.75, 3.05) is 5.32 Å². The zero-order chi connectivity index (χ0) is 20.1. The summed E-state index contributed by atoms with van der Waals surface area (Å²) in [5.41, 5.74) is 2.52. The van der Waals surface area contributed by atoms with Gasteiger partial charge in [0, 0.05) is 22.4 Å². The Labute approximate surface area is 167 Å². The van der Waals surface area contributed by atoms with Crippen molar-refractivity contribution in [3.63, 3.8) is 0 Å². The molecule has 1 aromatic heterocycles. The summed E-state index contributed by atoms with van der Waals surface area (Å²) in [5, 5.41) is 15.0. The topological polar surface area (TPSA) is 89.8 Å². The van der Waals surface area contributed by atoms with Crippen LogP contribution in [0.2, 0.25) is 0 Å². The lowest BCUT2D eigenvalue weighted by molar-refractivity contribution is 0.0960. The molecule has 4 aromatic rings. The van der Waals surface area contributed by atoms with E-state index in [0.717, 1.165) is 5.56 Å². The summed E-state index contributed by atoms with van der Waals surface area (Å²) in [6.07, 6.45) is 0. The van der Waals surface area contributed by atoms with Crippen LogP contribution in [0.5, 0.6) is 0 Å². The van der Waals surface area contributed by atoms with E-state index in [-0.39, 0.29) is 18.2 Å². The molecule has 0 atom stereocenters. The van der Waals surface area contributed by atoms with Gasteiger partial charge in [0.1, 0.15) is 6.54 Å². The third-order valence-corrected chi connectivity index (χ3v) is 4.27. The highest BCUT2D eigenvalue weighted by atomic mass is 16.1. The molecular formula is C22H17N5O2. The second-order valence-corrected chi connectivity index (χ2v) is 6.33. The van der Waals surface area contributed by atoms with Gasteiger partial charge in [0.15, 0.2) is 5.78 Å². The van der Waals surface area contributed by atoms with E-state index in [1.165, 1.54) is 4.80 Å². The van der Waals surface area contributed by atoms with E-state index < -0.39 is 0 Å². The SMILES string of the molecule is O=C(Cn1nnc(-c2ccccc2)n1)c1ccc(NC(=O)c2ccccc2)cc1. The van der Waals surface area contributed by atoms with Gasteiger partial charge in [-0.2, -0.15) is 4.80 Å². The number of nitrogens with zero attached hydrogens (tertiary/aromatic N) is 4. The summed E-state index contributed by atoms with van der Waals surface area (Å²) in [5.74, 6) is 0.116. The van der Waals surface area contributed by atoms with Crippen LogP contribution in [0.4, 0.5) is 5.69 Å². The van der Waals surface area contributed by atoms with Crippen molar-refractivity contribution in [2.24, 2.45) is 0 Å². The minimum Gasteiger partial charge on any atom is -0.322 e. The van der Waals surface area contributed by atoms with Crippen molar-refractivity contribution < 1.29 is 9.59 Å². The Hall–Kier alpha value is -4.13. The number of ketones is 1. The van der Waals surface area contributed by atoms with Gasteiger partial charge in [-0.25, -0.2) is 0 Å². The van der Waals surface area contributed by atoms with Gasteiger partial charge in [0.2, 0.25) is 5.82 Å². The van der Waals surface area contributed by atoms with E-state index in [1.54, 1.807) is 48.5 Å². The third-order valence-electron chi connectivity index (χ3n) is 4.27. The van der Waals surface area contributed by atoms with Gasteiger partial charge in [-0.1, -0.05) is 48.5 Å². The van der Waals surface area contributed by atoms with Crippen LogP contribution >= 0.6 is 0 Å². The molecule has 0 aliphatic rings. The fraction of sp³-hybridized carbons (Fsp3) is 0.0455. The minimum atomic E-state index is -0.204. The summed E-state index contributed by atoms with van der Waals surface area (Å²) >= 11 is 0. The lowest BCUT2D eigenvalue weighted by atomic mass is 10.1. The molecule has 0 spiro atoms. The fourth-order valence-electron chi connectivity index (χ4n) is 2.76. The largest absolute Gasteiger partial charge is 0.322 e. The van der Waals surface area contributed by atoms with Crippen molar-refractivity contribution in [2.45, 2.75) is 6.54 Å². The van der Waals surface area contributed by atoms with Gasteiger partial charge in [-0.05, 0) is 41.6 Å². The highest BCUT2D eigenvalue weighted by Crippen LogP contribution is 2.14. The predicted molar refractivity (Wildman–Crippen MR) is 108 cm³/mol. The molecule has 0 aliphatic heterocycles. The molecule has 29 heavy (non-hydrogen) atoms. The molecule has 4 rings (SSSR count). The van der Waals surface area contributed by atoms with Gasteiger partial charge >= 0.3 is 0 Å². The Kier molecular flexibility index (Phi) is 5.20. The molecule has 1 N–H and O–H groups in total. The normalized spacial score (nSPS) is 10.5. The molecule has 1 amide bonds. The second kappa shape index (κ2) is 8.26. The summed E-state index contributed by atoms with van der Waals surface area (Å²) < 4.78 is 0. The first kappa shape index (κ1) is 18.2. The number of hydrogen-bond acceptors (Lipinski definition) is 5. The number of carbonyl (C=O) groups is 2. The predicted octanol–water partition coefficient (Wildman–Crippen LogP) is 3.48. The molecule has 0 fully saturated rings. The Bertz CT molecular complexity index is 1120. The van der Waals surface area contributed by atoms with E-state index in [2.05, 4.69) is 20.7 Å². The molecule has 0 saturated carbocycles. The molecule has 0 bridgehead atoms. The number of amides is 1. The summed E-state index contributed by atoms with van der Waals surface area (Å²) in [4.78, 5) is 26.0. The van der Waals surface area contributed by atoms with Gasteiger partial charge in [-0.3, -0.25) is 9.59 Å². The Morgan fingerprint density at radius 3 is 2.14 bits per heavy atom. The Morgan fingerprint density at radius 2 is 1.45 bits per heavy atom. The van der Waals surface area contributed by atoms with Crippen LogP contribution in [0.25, 0.3) is 11.4 Å². The highest BCUT2D eigenvalue weighted by molar-refractivity contribution is 6.04. The quantitative estimate of drug-likeness (QED) is 0.515. The molecule has 142 valence electrons. The zero-order valence-corrected chi connectivity index (χ0v) is 15.4. The number of tetrazole rings is 1. The van der Waals surface area contributed by atoms with Crippen LogP contribution in [0.15, 0.2) is 84.9 Å². The van der Waals surface area contributed by atoms with Crippen LogP contribution in [0.1, 0.15) is 20.7 Å². The number of hydrogen-bond donors (Lipinski definition) is 1. The van der Waals surface area contributed by atoms with Gasteiger partial charge in [-0.15, -0.1) is 10.2 Å². The first-order chi connectivity index (χ1) is 14.2. The van der Waals surface area contributed by atoms with Crippen LogP contribution in [-0.4, -0.2) is 31.9 Å².